The first kappa shape index (κ1) is 17.8. The van der Waals surface area contributed by atoms with E-state index >= 15 is 0 Å². The van der Waals surface area contributed by atoms with Crippen LogP contribution in [-0.2, 0) is 0 Å². The minimum atomic E-state index is -0.397. The molecule has 0 atom stereocenters. The van der Waals surface area contributed by atoms with Gasteiger partial charge in [0.1, 0.15) is 11.4 Å². The Balaban J connectivity index is 1.75. The number of aliphatic imine (C=N–C) groups is 1. The predicted octanol–water partition coefficient (Wildman–Crippen LogP) is 3.78. The number of hydrogen-bond donors (Lipinski definition) is 1. The fourth-order valence-electron chi connectivity index (χ4n) is 3.92. The van der Waals surface area contributed by atoms with E-state index in [4.69, 9.17) is 0 Å². The summed E-state index contributed by atoms with van der Waals surface area (Å²) in [5, 5.41) is 12.8. The van der Waals surface area contributed by atoms with Gasteiger partial charge in [0.15, 0.2) is 5.75 Å². The number of aromatic nitrogens is 1. The monoisotopic (exact) mass is 401 g/mol. The van der Waals surface area contributed by atoms with Gasteiger partial charge in [-0.1, -0.05) is 60.7 Å². The van der Waals surface area contributed by atoms with E-state index in [1.807, 2.05) is 47.3 Å². The topological polar surface area (TPSA) is 57.8 Å². The number of rotatable bonds is 3. The van der Waals surface area contributed by atoms with Crippen molar-refractivity contribution in [3.8, 4) is 5.75 Å². The molecule has 1 N–H and O–H groups in total. The molecule has 2 aliphatic rings. The molecule has 3 heterocycles. The average molecular weight is 401 g/mol. The highest BCUT2D eigenvalue weighted by Gasteiger charge is 2.33. The van der Waals surface area contributed by atoms with Gasteiger partial charge in [-0.15, -0.1) is 11.8 Å². The van der Waals surface area contributed by atoms with Crippen molar-refractivity contribution in [2.45, 2.75) is 6.04 Å². The van der Waals surface area contributed by atoms with Crippen LogP contribution in [0.15, 0.2) is 87.6 Å². The number of fused-ring (bicyclic) bond motifs is 2. The van der Waals surface area contributed by atoms with Gasteiger partial charge in [0, 0.05) is 29.1 Å². The molecule has 0 saturated carbocycles. The third-order valence-electron chi connectivity index (χ3n) is 5.21. The number of aromatic hydroxyl groups is 1. The van der Waals surface area contributed by atoms with E-state index in [0.29, 0.717) is 17.9 Å². The summed E-state index contributed by atoms with van der Waals surface area (Å²) in [6, 6.07) is 21.9. The zero-order chi connectivity index (χ0) is 19.8. The van der Waals surface area contributed by atoms with Crippen molar-refractivity contribution in [2.24, 2.45) is 4.99 Å². The highest BCUT2D eigenvalue weighted by molar-refractivity contribution is 8.03. The van der Waals surface area contributed by atoms with Gasteiger partial charge in [0.25, 0.3) is 0 Å². The molecule has 3 aromatic rings. The Morgan fingerprint density at radius 2 is 1.62 bits per heavy atom. The molecule has 0 unspecified atom stereocenters. The minimum Gasteiger partial charge on any atom is -0.503 e. The maximum Gasteiger partial charge on any atom is 0.224 e. The number of hydrogen-bond acceptors (Lipinski definition) is 5. The smallest absolute Gasteiger partial charge is 0.224 e. The van der Waals surface area contributed by atoms with Crippen molar-refractivity contribution >= 4 is 23.7 Å². The van der Waals surface area contributed by atoms with Gasteiger partial charge in [-0.05, 0) is 11.1 Å². The third-order valence-corrected chi connectivity index (χ3v) is 6.19. The average Bonchev–Trinajstić information content (AvgIpc) is 2.78. The van der Waals surface area contributed by atoms with Crippen molar-refractivity contribution in [1.29, 1.82) is 0 Å². The van der Waals surface area contributed by atoms with E-state index in [-0.39, 0.29) is 11.8 Å². The third kappa shape index (κ3) is 3.06. The molecule has 5 nitrogen and oxygen atoms in total. The second-order valence-electron chi connectivity index (χ2n) is 6.94. The molecule has 5 rings (SSSR count). The minimum absolute atomic E-state index is 0.0846. The summed E-state index contributed by atoms with van der Waals surface area (Å²) in [5.41, 5.74) is 3.02. The van der Waals surface area contributed by atoms with E-state index in [2.05, 4.69) is 34.3 Å². The molecule has 144 valence electrons. The highest BCUT2D eigenvalue weighted by atomic mass is 32.2. The van der Waals surface area contributed by atoms with E-state index in [9.17, 15) is 9.90 Å². The fraction of sp³-hybridized carbons (Fsp3) is 0.130. The van der Waals surface area contributed by atoms with Crippen molar-refractivity contribution in [2.75, 3.05) is 17.3 Å². The van der Waals surface area contributed by atoms with E-state index in [0.717, 1.165) is 21.8 Å². The van der Waals surface area contributed by atoms with E-state index < -0.39 is 5.43 Å². The van der Waals surface area contributed by atoms with Crippen molar-refractivity contribution in [1.82, 2.24) is 4.68 Å². The molecular weight excluding hydrogens is 382 g/mol. The first-order chi connectivity index (χ1) is 14.2. The molecule has 0 amide bonds. The van der Waals surface area contributed by atoms with Gasteiger partial charge in [-0.25, -0.2) is 0 Å². The summed E-state index contributed by atoms with van der Waals surface area (Å²) in [6.45, 7) is 0.640. The molecule has 1 aromatic heterocycles. The van der Waals surface area contributed by atoms with Crippen LogP contribution in [0.4, 0.5) is 0 Å². The number of pyridine rings is 1. The Bertz CT molecular complexity index is 1130. The second kappa shape index (κ2) is 7.29. The summed E-state index contributed by atoms with van der Waals surface area (Å²) in [4.78, 5) is 17.8. The van der Waals surface area contributed by atoms with E-state index in [1.54, 1.807) is 18.0 Å². The first-order valence-electron chi connectivity index (χ1n) is 9.44. The van der Waals surface area contributed by atoms with Crippen LogP contribution < -0.4 is 10.4 Å². The zero-order valence-corrected chi connectivity index (χ0v) is 16.4. The van der Waals surface area contributed by atoms with Crippen LogP contribution in [0.25, 0.3) is 5.70 Å². The lowest BCUT2D eigenvalue weighted by Crippen LogP contribution is -2.44. The Morgan fingerprint density at radius 3 is 2.28 bits per heavy atom. The van der Waals surface area contributed by atoms with Crippen LogP contribution in [0.5, 0.6) is 5.75 Å². The second-order valence-corrected chi connectivity index (χ2v) is 8.05. The standard InChI is InChI=1S/C23H19N3O2S/c27-18-11-13-25-22(23(18)28)20-19(29-14-12-24-20)15-26(25)21(16-7-3-1-4-8-16)17-9-5-2-6-10-17/h1-13,21,28H,14-15H2. The summed E-state index contributed by atoms with van der Waals surface area (Å²) in [6.07, 6.45) is 3.56. The van der Waals surface area contributed by atoms with Crippen LogP contribution in [-0.4, -0.2) is 28.3 Å². The summed E-state index contributed by atoms with van der Waals surface area (Å²) in [7, 11) is 0. The normalized spacial score (nSPS) is 15.4. The molecule has 2 aliphatic heterocycles. The van der Waals surface area contributed by atoms with Gasteiger partial charge in [0.05, 0.1) is 12.6 Å². The van der Waals surface area contributed by atoms with Gasteiger partial charge in [-0.2, -0.15) is 0 Å². The molecule has 0 saturated heterocycles. The fourth-order valence-corrected chi connectivity index (χ4v) is 4.78. The lowest BCUT2D eigenvalue weighted by molar-refractivity contribution is 0.446. The Morgan fingerprint density at radius 1 is 0.966 bits per heavy atom. The number of nitrogens with zero attached hydrogens (tertiary/aromatic N) is 3. The van der Waals surface area contributed by atoms with Crippen LogP contribution in [0.1, 0.15) is 22.9 Å². The molecule has 6 heteroatoms. The van der Waals surface area contributed by atoms with Gasteiger partial charge >= 0.3 is 0 Å². The Kier molecular flexibility index (Phi) is 4.48. The first-order valence-corrected chi connectivity index (χ1v) is 10.4. The molecule has 0 aliphatic carbocycles. The molecule has 0 fully saturated rings. The highest BCUT2D eigenvalue weighted by Crippen LogP contribution is 2.40. The van der Waals surface area contributed by atoms with Gasteiger partial charge in [-0.3, -0.25) is 19.5 Å². The van der Waals surface area contributed by atoms with E-state index in [1.165, 1.54) is 6.07 Å². The predicted molar refractivity (Wildman–Crippen MR) is 118 cm³/mol. The van der Waals surface area contributed by atoms with Crippen LogP contribution in [0.2, 0.25) is 0 Å². The largest absolute Gasteiger partial charge is 0.503 e. The Labute approximate surface area is 172 Å². The van der Waals surface area contributed by atoms with Crippen LogP contribution in [0, 0.1) is 0 Å². The van der Waals surface area contributed by atoms with Gasteiger partial charge in [0.2, 0.25) is 5.43 Å². The van der Waals surface area contributed by atoms with Crippen LogP contribution in [0.3, 0.4) is 0 Å². The zero-order valence-electron chi connectivity index (χ0n) is 15.6. The number of benzene rings is 2. The summed E-state index contributed by atoms with van der Waals surface area (Å²) >= 11 is 1.70. The Hall–Kier alpha value is -3.25. The van der Waals surface area contributed by atoms with Gasteiger partial charge < -0.3 is 5.11 Å². The molecule has 29 heavy (non-hydrogen) atoms. The van der Waals surface area contributed by atoms with Crippen LogP contribution >= 0.6 is 11.8 Å². The summed E-state index contributed by atoms with van der Waals surface area (Å²) < 4.78 is 1.88. The van der Waals surface area contributed by atoms with Crippen molar-refractivity contribution in [3.05, 3.63) is 105 Å². The maximum atomic E-state index is 12.2. The molecule has 0 radical (unpaired) electrons. The lowest BCUT2D eigenvalue weighted by Gasteiger charge is -2.41. The quantitative estimate of drug-likeness (QED) is 0.726. The SMILES string of the molecule is O=c1ccn2c(c1O)C1=C(CN2C(c2ccccc2)c2ccccc2)SCC=N1. The molecular formula is C23H19N3O2S. The molecule has 2 aromatic carbocycles. The van der Waals surface area contributed by atoms with Crippen molar-refractivity contribution in [3.63, 3.8) is 0 Å². The summed E-state index contributed by atoms with van der Waals surface area (Å²) in [5.74, 6) is 0.524. The van der Waals surface area contributed by atoms with Crippen molar-refractivity contribution < 1.29 is 5.11 Å². The lowest BCUT2D eigenvalue weighted by atomic mass is 9.97. The maximum absolute atomic E-state index is 12.2. The molecule has 0 spiro atoms. The number of thioether (sulfide) groups is 1. The molecule has 0 bridgehead atoms.